The summed E-state index contributed by atoms with van der Waals surface area (Å²) >= 11 is 0. The van der Waals surface area contributed by atoms with Crippen molar-refractivity contribution in [3.8, 4) is 0 Å². The molecule has 1 amide bonds. The summed E-state index contributed by atoms with van der Waals surface area (Å²) in [6.45, 7) is 2.74. The van der Waals surface area contributed by atoms with Crippen molar-refractivity contribution in [3.63, 3.8) is 0 Å². The molecule has 0 spiro atoms. The van der Waals surface area contributed by atoms with Gasteiger partial charge in [0.15, 0.2) is 0 Å². The fourth-order valence-corrected chi connectivity index (χ4v) is 4.53. The topological polar surface area (TPSA) is 45.7 Å². The molecule has 134 valence electrons. The highest BCUT2D eigenvalue weighted by molar-refractivity contribution is 5.79. The molecule has 0 saturated carbocycles. The van der Waals surface area contributed by atoms with Crippen molar-refractivity contribution in [2.24, 2.45) is 5.92 Å². The Morgan fingerprint density at radius 3 is 2.64 bits per heavy atom. The number of allylic oxidation sites excluding steroid dienone is 2. The number of pyridine rings is 1. The molecule has 4 rings (SSSR count). The van der Waals surface area contributed by atoms with Crippen LogP contribution in [0.15, 0.2) is 36.7 Å². The molecule has 0 unspecified atom stereocenters. The summed E-state index contributed by atoms with van der Waals surface area (Å²) in [6, 6.07) is 4.96. The van der Waals surface area contributed by atoms with Crippen molar-refractivity contribution in [2.75, 3.05) is 26.7 Å². The van der Waals surface area contributed by atoms with Crippen LogP contribution in [0.25, 0.3) is 0 Å². The van der Waals surface area contributed by atoms with E-state index in [-0.39, 0.29) is 12.0 Å². The van der Waals surface area contributed by atoms with Gasteiger partial charge in [0, 0.05) is 51.1 Å². The summed E-state index contributed by atoms with van der Waals surface area (Å²) in [4.78, 5) is 21.5. The van der Waals surface area contributed by atoms with Crippen LogP contribution in [0.1, 0.15) is 37.3 Å². The Hall–Kier alpha value is -1.72. The maximum Gasteiger partial charge on any atom is 0.226 e. The molecule has 2 fully saturated rings. The monoisotopic (exact) mass is 341 g/mol. The van der Waals surface area contributed by atoms with Gasteiger partial charge in [-0.25, -0.2) is 0 Å². The Morgan fingerprint density at radius 2 is 2.00 bits per heavy atom. The minimum Gasteiger partial charge on any atom is -0.378 e. The number of amides is 1. The van der Waals surface area contributed by atoms with Crippen molar-refractivity contribution in [1.82, 2.24) is 14.8 Å². The Kier molecular flexibility index (Phi) is 4.86. The fourth-order valence-electron chi connectivity index (χ4n) is 4.53. The average molecular weight is 341 g/mol. The quantitative estimate of drug-likeness (QED) is 0.789. The number of methoxy groups -OCH3 is 1. The van der Waals surface area contributed by atoms with Gasteiger partial charge in [0.25, 0.3) is 0 Å². The maximum absolute atomic E-state index is 12.6. The van der Waals surface area contributed by atoms with E-state index < -0.39 is 0 Å². The van der Waals surface area contributed by atoms with E-state index in [1.165, 1.54) is 5.56 Å². The molecule has 0 radical (unpaired) electrons. The first-order valence-electron chi connectivity index (χ1n) is 9.40. The molecule has 3 aliphatic rings. The van der Waals surface area contributed by atoms with Gasteiger partial charge < -0.3 is 9.64 Å². The average Bonchev–Trinajstić information content (AvgIpc) is 3.17. The van der Waals surface area contributed by atoms with Crippen molar-refractivity contribution < 1.29 is 9.53 Å². The van der Waals surface area contributed by atoms with Crippen LogP contribution < -0.4 is 0 Å². The molecule has 2 saturated heterocycles. The SMILES string of the molecule is CO[C@H]1CN(C2CCN(C(=O)C3CC=CC3)CC2)[C@H]1c1cccnc1. The zero-order valence-corrected chi connectivity index (χ0v) is 14.9. The molecule has 0 bridgehead atoms. The summed E-state index contributed by atoms with van der Waals surface area (Å²) in [6.07, 6.45) is 12.2. The molecule has 25 heavy (non-hydrogen) atoms. The molecular formula is C20H27N3O2. The summed E-state index contributed by atoms with van der Waals surface area (Å²) in [5.41, 5.74) is 1.23. The second-order valence-electron chi connectivity index (χ2n) is 7.40. The van der Waals surface area contributed by atoms with E-state index in [2.05, 4.69) is 33.0 Å². The molecule has 1 aliphatic carbocycles. The number of aromatic nitrogens is 1. The van der Waals surface area contributed by atoms with E-state index in [9.17, 15) is 4.79 Å². The third-order valence-electron chi connectivity index (χ3n) is 6.03. The van der Waals surface area contributed by atoms with Crippen LogP contribution in [0.4, 0.5) is 0 Å². The first-order chi connectivity index (χ1) is 12.3. The minimum absolute atomic E-state index is 0.196. The van der Waals surface area contributed by atoms with Crippen LogP contribution in [0, 0.1) is 5.92 Å². The molecule has 1 aromatic rings. The van der Waals surface area contributed by atoms with Crippen LogP contribution in [0.2, 0.25) is 0 Å². The Bertz CT molecular complexity index is 617. The van der Waals surface area contributed by atoms with Gasteiger partial charge in [0.05, 0.1) is 12.1 Å². The van der Waals surface area contributed by atoms with Crippen molar-refractivity contribution in [2.45, 2.75) is 43.9 Å². The highest BCUT2D eigenvalue weighted by Crippen LogP contribution is 2.39. The number of ether oxygens (including phenoxy) is 1. The highest BCUT2D eigenvalue weighted by Gasteiger charge is 2.44. The number of rotatable bonds is 4. The van der Waals surface area contributed by atoms with Crippen LogP contribution in [-0.2, 0) is 9.53 Å². The minimum atomic E-state index is 0.196. The molecule has 2 aliphatic heterocycles. The van der Waals surface area contributed by atoms with E-state index in [1.807, 2.05) is 18.5 Å². The second kappa shape index (κ2) is 7.26. The molecule has 5 heteroatoms. The number of hydrogen-bond acceptors (Lipinski definition) is 4. The van der Waals surface area contributed by atoms with Crippen molar-refractivity contribution in [1.29, 1.82) is 0 Å². The van der Waals surface area contributed by atoms with E-state index in [0.29, 0.717) is 18.0 Å². The van der Waals surface area contributed by atoms with Crippen LogP contribution in [-0.4, -0.2) is 59.6 Å². The smallest absolute Gasteiger partial charge is 0.226 e. The lowest BCUT2D eigenvalue weighted by molar-refractivity contribution is -0.141. The first-order valence-corrected chi connectivity index (χ1v) is 9.40. The van der Waals surface area contributed by atoms with Gasteiger partial charge in [0.1, 0.15) is 0 Å². The van der Waals surface area contributed by atoms with E-state index in [4.69, 9.17) is 4.74 Å². The molecule has 1 aromatic heterocycles. The molecule has 2 atom stereocenters. The molecular weight excluding hydrogens is 314 g/mol. The molecule has 0 aromatic carbocycles. The third-order valence-corrected chi connectivity index (χ3v) is 6.03. The number of piperidine rings is 1. The number of nitrogens with zero attached hydrogens (tertiary/aromatic N) is 3. The maximum atomic E-state index is 12.6. The summed E-state index contributed by atoms with van der Waals surface area (Å²) in [5, 5.41) is 0. The van der Waals surface area contributed by atoms with E-state index in [1.54, 1.807) is 7.11 Å². The summed E-state index contributed by atoms with van der Waals surface area (Å²) in [5.74, 6) is 0.548. The highest BCUT2D eigenvalue weighted by atomic mass is 16.5. The Labute approximate surface area is 149 Å². The van der Waals surface area contributed by atoms with Gasteiger partial charge in [-0.15, -0.1) is 0 Å². The lowest BCUT2D eigenvalue weighted by Crippen LogP contribution is -2.60. The van der Waals surface area contributed by atoms with E-state index >= 15 is 0 Å². The number of carbonyl (C=O) groups is 1. The van der Waals surface area contributed by atoms with Crippen molar-refractivity contribution in [3.05, 3.63) is 42.2 Å². The number of carbonyl (C=O) groups excluding carboxylic acids is 1. The molecule has 0 N–H and O–H groups in total. The standard InChI is InChI=1S/C20H27N3O2/c1-25-18-14-23(19(18)16-7-4-10-21-13-16)17-8-11-22(12-9-17)20(24)15-5-2-3-6-15/h2-4,7,10,13,15,17-19H,5-6,8-9,11-12,14H2,1H3/t18-,19-/m0/s1. The summed E-state index contributed by atoms with van der Waals surface area (Å²) < 4.78 is 5.66. The lowest BCUT2D eigenvalue weighted by Gasteiger charge is -2.53. The zero-order chi connectivity index (χ0) is 17.2. The normalized spacial score (nSPS) is 28.3. The van der Waals surface area contributed by atoms with Crippen LogP contribution in [0.3, 0.4) is 0 Å². The predicted molar refractivity (Wildman–Crippen MR) is 95.9 cm³/mol. The van der Waals surface area contributed by atoms with Gasteiger partial charge in [-0.2, -0.15) is 0 Å². The number of likely N-dealkylation sites (tertiary alicyclic amines) is 2. The lowest BCUT2D eigenvalue weighted by atomic mass is 9.87. The number of hydrogen-bond donors (Lipinski definition) is 0. The van der Waals surface area contributed by atoms with Gasteiger partial charge >= 0.3 is 0 Å². The fraction of sp³-hybridized carbons (Fsp3) is 0.600. The first kappa shape index (κ1) is 16.7. The van der Waals surface area contributed by atoms with E-state index in [0.717, 1.165) is 45.3 Å². The zero-order valence-electron chi connectivity index (χ0n) is 14.9. The Balaban J connectivity index is 1.36. The van der Waals surface area contributed by atoms with Gasteiger partial charge in [-0.1, -0.05) is 18.2 Å². The van der Waals surface area contributed by atoms with Gasteiger partial charge in [-0.05, 0) is 37.3 Å². The third kappa shape index (κ3) is 3.23. The van der Waals surface area contributed by atoms with Crippen molar-refractivity contribution >= 4 is 5.91 Å². The molecule has 5 nitrogen and oxygen atoms in total. The largest absolute Gasteiger partial charge is 0.378 e. The van der Waals surface area contributed by atoms with Crippen LogP contribution in [0.5, 0.6) is 0 Å². The Morgan fingerprint density at radius 1 is 1.24 bits per heavy atom. The second-order valence-corrected chi connectivity index (χ2v) is 7.40. The van der Waals surface area contributed by atoms with Gasteiger partial charge in [0.2, 0.25) is 5.91 Å². The predicted octanol–water partition coefficient (Wildman–Crippen LogP) is 2.41. The summed E-state index contributed by atoms with van der Waals surface area (Å²) in [7, 11) is 1.79. The molecule has 3 heterocycles. The van der Waals surface area contributed by atoms with Crippen LogP contribution >= 0.6 is 0 Å². The van der Waals surface area contributed by atoms with Gasteiger partial charge in [-0.3, -0.25) is 14.7 Å².